The minimum absolute atomic E-state index is 0.440. The number of benzene rings is 3. The standard InChI is InChI=1S/C27H27NO5/c1-18-26(29)27(30)28(17-24(33-18)19-7-5-4-6-8-19)25(20-9-13-22(31-2)14-10-20)21-11-15-23(32-3)16-12-21/h4-18,25-26,29H,1-3H3/t18-,26+/m0/s1. The van der Waals surface area contributed by atoms with E-state index in [1.54, 1.807) is 32.2 Å². The normalized spacial score (nSPS) is 18.4. The van der Waals surface area contributed by atoms with Gasteiger partial charge < -0.3 is 24.2 Å². The van der Waals surface area contributed by atoms with Gasteiger partial charge in [0.25, 0.3) is 5.91 Å². The van der Waals surface area contributed by atoms with E-state index >= 15 is 0 Å². The Bertz CT molecular complexity index is 1060. The molecular formula is C27H27NO5. The molecule has 170 valence electrons. The van der Waals surface area contributed by atoms with Gasteiger partial charge >= 0.3 is 0 Å². The van der Waals surface area contributed by atoms with E-state index in [1.807, 2.05) is 78.9 Å². The van der Waals surface area contributed by atoms with Gasteiger partial charge in [-0.25, -0.2) is 0 Å². The summed E-state index contributed by atoms with van der Waals surface area (Å²) in [7, 11) is 3.22. The zero-order valence-corrected chi connectivity index (χ0v) is 18.8. The number of carbonyl (C=O) groups excluding carboxylic acids is 1. The number of methoxy groups -OCH3 is 2. The van der Waals surface area contributed by atoms with Gasteiger partial charge in [-0.1, -0.05) is 54.6 Å². The zero-order valence-electron chi connectivity index (χ0n) is 18.8. The van der Waals surface area contributed by atoms with Crippen LogP contribution < -0.4 is 9.47 Å². The smallest absolute Gasteiger partial charge is 0.260 e. The quantitative estimate of drug-likeness (QED) is 0.609. The second-order valence-corrected chi connectivity index (χ2v) is 7.82. The van der Waals surface area contributed by atoms with Crippen LogP contribution in [0.4, 0.5) is 0 Å². The highest BCUT2D eigenvalue weighted by molar-refractivity contribution is 5.85. The van der Waals surface area contributed by atoms with Crippen molar-refractivity contribution in [1.29, 1.82) is 0 Å². The van der Waals surface area contributed by atoms with Gasteiger partial charge in [-0.15, -0.1) is 0 Å². The fourth-order valence-corrected chi connectivity index (χ4v) is 3.87. The van der Waals surface area contributed by atoms with Crippen molar-refractivity contribution in [1.82, 2.24) is 4.90 Å². The van der Waals surface area contributed by atoms with E-state index in [0.29, 0.717) is 17.3 Å². The molecule has 1 aliphatic heterocycles. The van der Waals surface area contributed by atoms with Crippen molar-refractivity contribution in [3.63, 3.8) is 0 Å². The van der Waals surface area contributed by atoms with Crippen molar-refractivity contribution in [3.05, 3.63) is 102 Å². The lowest BCUT2D eigenvalue weighted by atomic mass is 9.96. The second kappa shape index (κ2) is 9.79. The van der Waals surface area contributed by atoms with E-state index in [1.165, 1.54) is 0 Å². The largest absolute Gasteiger partial charge is 0.497 e. The molecule has 0 saturated heterocycles. The summed E-state index contributed by atoms with van der Waals surface area (Å²) < 4.78 is 16.6. The summed E-state index contributed by atoms with van der Waals surface area (Å²) in [4.78, 5) is 15.0. The highest BCUT2D eigenvalue weighted by Gasteiger charge is 2.37. The fourth-order valence-electron chi connectivity index (χ4n) is 3.87. The van der Waals surface area contributed by atoms with E-state index in [-0.39, 0.29) is 0 Å². The first-order chi connectivity index (χ1) is 16.0. The van der Waals surface area contributed by atoms with Crippen molar-refractivity contribution in [3.8, 4) is 11.5 Å². The average Bonchev–Trinajstić information content (AvgIpc) is 2.98. The van der Waals surface area contributed by atoms with Crippen molar-refractivity contribution in [2.75, 3.05) is 14.2 Å². The zero-order chi connectivity index (χ0) is 23.4. The first kappa shape index (κ1) is 22.4. The van der Waals surface area contributed by atoms with Gasteiger partial charge in [0.2, 0.25) is 0 Å². The molecule has 0 radical (unpaired) electrons. The van der Waals surface area contributed by atoms with Crippen LogP contribution in [0.5, 0.6) is 11.5 Å². The topological polar surface area (TPSA) is 68.2 Å². The molecule has 3 aromatic carbocycles. The summed E-state index contributed by atoms with van der Waals surface area (Å²) in [6.45, 7) is 1.69. The summed E-state index contributed by atoms with van der Waals surface area (Å²) in [5.74, 6) is 1.50. The van der Waals surface area contributed by atoms with E-state index in [0.717, 1.165) is 16.7 Å². The number of aliphatic hydroxyl groups excluding tert-OH is 1. The number of amides is 1. The van der Waals surface area contributed by atoms with Gasteiger partial charge in [0.15, 0.2) is 6.10 Å². The molecule has 6 heteroatoms. The van der Waals surface area contributed by atoms with Gasteiger partial charge in [-0.3, -0.25) is 4.79 Å². The Kier molecular flexibility index (Phi) is 6.66. The number of hydrogen-bond donors (Lipinski definition) is 1. The van der Waals surface area contributed by atoms with Crippen molar-refractivity contribution < 1.29 is 24.1 Å². The molecule has 2 atom stereocenters. The highest BCUT2D eigenvalue weighted by Crippen LogP contribution is 2.35. The molecule has 0 spiro atoms. The molecule has 0 aliphatic carbocycles. The molecule has 1 heterocycles. The van der Waals surface area contributed by atoms with E-state index in [9.17, 15) is 9.90 Å². The van der Waals surface area contributed by atoms with Gasteiger partial charge in [-0.05, 0) is 42.3 Å². The monoisotopic (exact) mass is 445 g/mol. The third-order valence-electron chi connectivity index (χ3n) is 5.72. The molecule has 3 aromatic rings. The van der Waals surface area contributed by atoms with Crippen molar-refractivity contribution in [2.45, 2.75) is 25.2 Å². The van der Waals surface area contributed by atoms with Crippen molar-refractivity contribution in [2.24, 2.45) is 0 Å². The second-order valence-electron chi connectivity index (χ2n) is 7.82. The van der Waals surface area contributed by atoms with Crippen LogP contribution >= 0.6 is 0 Å². The minimum atomic E-state index is -1.32. The van der Waals surface area contributed by atoms with E-state index in [4.69, 9.17) is 14.2 Å². The van der Waals surface area contributed by atoms with Gasteiger partial charge in [0.1, 0.15) is 23.4 Å². The van der Waals surface area contributed by atoms with Gasteiger partial charge in [0, 0.05) is 5.56 Å². The first-order valence-corrected chi connectivity index (χ1v) is 10.7. The lowest BCUT2D eigenvalue weighted by molar-refractivity contribution is -0.142. The molecule has 4 rings (SSSR count). The molecule has 0 bridgehead atoms. The summed E-state index contributed by atoms with van der Waals surface area (Å²) >= 11 is 0. The molecule has 0 saturated carbocycles. The SMILES string of the molecule is COc1ccc(C(c2ccc(OC)cc2)N2C=C(c3ccccc3)O[C@@H](C)[C@@H](O)C2=O)cc1. The number of ether oxygens (including phenoxy) is 3. The van der Waals surface area contributed by atoms with Crippen LogP contribution in [-0.4, -0.2) is 42.3 Å². The maximum atomic E-state index is 13.5. The predicted octanol–water partition coefficient (Wildman–Crippen LogP) is 4.40. The predicted molar refractivity (Wildman–Crippen MR) is 126 cm³/mol. The molecule has 1 aliphatic rings. The molecule has 1 amide bonds. The van der Waals surface area contributed by atoms with Crippen LogP contribution in [0.3, 0.4) is 0 Å². The maximum absolute atomic E-state index is 13.5. The molecule has 1 N–H and O–H groups in total. The Labute approximate surface area is 193 Å². The lowest BCUT2D eigenvalue weighted by Crippen LogP contribution is -2.42. The lowest BCUT2D eigenvalue weighted by Gasteiger charge is -2.30. The number of aliphatic hydroxyl groups is 1. The molecule has 33 heavy (non-hydrogen) atoms. The Morgan fingerprint density at radius 1 is 0.848 bits per heavy atom. The third-order valence-corrected chi connectivity index (χ3v) is 5.72. The Morgan fingerprint density at radius 2 is 1.36 bits per heavy atom. The summed E-state index contributed by atoms with van der Waals surface area (Å²) in [6, 6.07) is 24.1. The average molecular weight is 446 g/mol. The molecule has 6 nitrogen and oxygen atoms in total. The minimum Gasteiger partial charge on any atom is -0.497 e. The molecule has 0 aromatic heterocycles. The van der Waals surface area contributed by atoms with Gasteiger partial charge in [-0.2, -0.15) is 0 Å². The third kappa shape index (κ3) is 4.71. The highest BCUT2D eigenvalue weighted by atomic mass is 16.5. The number of rotatable bonds is 6. The van der Waals surface area contributed by atoms with Crippen LogP contribution in [0.1, 0.15) is 29.7 Å². The summed E-state index contributed by atoms with van der Waals surface area (Å²) in [5.41, 5.74) is 2.54. The first-order valence-electron chi connectivity index (χ1n) is 10.7. The number of carbonyl (C=O) groups is 1. The van der Waals surface area contributed by atoms with Crippen LogP contribution in [0, 0.1) is 0 Å². The molecule has 0 fully saturated rings. The Hall–Kier alpha value is -3.77. The summed E-state index contributed by atoms with van der Waals surface area (Å²) in [6.07, 6.45) is -0.341. The van der Waals surface area contributed by atoms with E-state index in [2.05, 4.69) is 0 Å². The van der Waals surface area contributed by atoms with Gasteiger partial charge in [0.05, 0.1) is 26.5 Å². The van der Waals surface area contributed by atoms with Crippen molar-refractivity contribution >= 4 is 11.7 Å². The Balaban J connectivity index is 1.87. The number of hydrogen-bond acceptors (Lipinski definition) is 5. The summed E-state index contributed by atoms with van der Waals surface area (Å²) in [5, 5.41) is 10.8. The molecule has 0 unspecified atom stereocenters. The number of nitrogens with zero attached hydrogens (tertiary/aromatic N) is 1. The Morgan fingerprint density at radius 3 is 1.85 bits per heavy atom. The van der Waals surface area contributed by atoms with Crippen LogP contribution in [0.2, 0.25) is 0 Å². The van der Waals surface area contributed by atoms with Crippen LogP contribution in [-0.2, 0) is 9.53 Å². The van der Waals surface area contributed by atoms with Crippen LogP contribution in [0.25, 0.3) is 5.76 Å². The fraction of sp³-hybridized carbons (Fsp3) is 0.222. The maximum Gasteiger partial charge on any atom is 0.260 e. The van der Waals surface area contributed by atoms with E-state index < -0.39 is 24.2 Å². The van der Waals surface area contributed by atoms with Crippen LogP contribution in [0.15, 0.2) is 85.1 Å². The molecular weight excluding hydrogens is 418 g/mol.